The molecule has 0 aromatic carbocycles. The summed E-state index contributed by atoms with van der Waals surface area (Å²) in [5.41, 5.74) is 0.238. The first-order valence-electron chi connectivity index (χ1n) is 4.52. The molecule has 2 heteroatoms. The van der Waals surface area contributed by atoms with Crippen molar-refractivity contribution in [3.05, 3.63) is 12.8 Å². The Balaban J connectivity index is 2.51. The molecule has 1 saturated heterocycles. The molecule has 0 amide bonds. The Kier molecular flexibility index (Phi) is 2.78. The second-order valence-corrected chi connectivity index (χ2v) is 4.40. The minimum Gasteiger partial charge on any atom is -0.374 e. The van der Waals surface area contributed by atoms with E-state index in [9.17, 15) is 0 Å². The van der Waals surface area contributed by atoms with Gasteiger partial charge in [0, 0.05) is 13.1 Å². The Hall–Kier alpha value is -0.500. The highest BCUT2D eigenvalue weighted by Crippen LogP contribution is 2.25. The summed E-state index contributed by atoms with van der Waals surface area (Å²) in [6.07, 6.45) is 2.24. The minimum absolute atomic E-state index is 0.238. The molecule has 70 valence electrons. The number of nitrogens with zero attached hydrogens (tertiary/aromatic N) is 1. The topological polar surface area (TPSA) is 12.5 Å². The highest BCUT2D eigenvalue weighted by Gasteiger charge is 2.29. The van der Waals surface area contributed by atoms with Crippen molar-refractivity contribution in [2.24, 2.45) is 5.41 Å². The number of ether oxygens (including phenoxy) is 1. The molecule has 1 atom stereocenters. The molecule has 0 aromatic rings. The Bertz CT molecular complexity index is 160. The molecule has 1 rings (SSSR count). The largest absolute Gasteiger partial charge is 0.374 e. The van der Waals surface area contributed by atoms with E-state index in [1.54, 1.807) is 0 Å². The van der Waals surface area contributed by atoms with Crippen molar-refractivity contribution in [3.8, 4) is 0 Å². The SMILES string of the molecule is C=CN1CCOC(C(C)(C)C)C1. The summed E-state index contributed by atoms with van der Waals surface area (Å²) < 4.78 is 5.68. The molecule has 12 heavy (non-hydrogen) atoms. The van der Waals surface area contributed by atoms with Crippen LogP contribution in [0.1, 0.15) is 20.8 Å². The summed E-state index contributed by atoms with van der Waals surface area (Å²) in [4.78, 5) is 2.22. The van der Waals surface area contributed by atoms with Gasteiger partial charge in [-0.15, -0.1) is 0 Å². The van der Waals surface area contributed by atoms with Crippen molar-refractivity contribution < 1.29 is 4.74 Å². The van der Waals surface area contributed by atoms with Crippen LogP contribution in [0.15, 0.2) is 12.8 Å². The second-order valence-electron chi connectivity index (χ2n) is 4.40. The van der Waals surface area contributed by atoms with E-state index in [4.69, 9.17) is 4.74 Å². The zero-order chi connectivity index (χ0) is 9.19. The van der Waals surface area contributed by atoms with Gasteiger partial charge in [-0.1, -0.05) is 27.4 Å². The van der Waals surface area contributed by atoms with Crippen molar-refractivity contribution in [2.45, 2.75) is 26.9 Å². The molecule has 2 nitrogen and oxygen atoms in total. The first-order chi connectivity index (χ1) is 5.54. The van der Waals surface area contributed by atoms with E-state index in [-0.39, 0.29) is 5.41 Å². The summed E-state index contributed by atoms with van der Waals surface area (Å²) in [7, 11) is 0. The van der Waals surface area contributed by atoms with Crippen molar-refractivity contribution in [1.82, 2.24) is 4.90 Å². The van der Waals surface area contributed by atoms with Gasteiger partial charge in [0.05, 0.1) is 12.7 Å². The van der Waals surface area contributed by atoms with Gasteiger partial charge < -0.3 is 9.64 Å². The summed E-state index contributed by atoms with van der Waals surface area (Å²) in [5.74, 6) is 0. The van der Waals surface area contributed by atoms with Gasteiger partial charge in [0.1, 0.15) is 0 Å². The van der Waals surface area contributed by atoms with Crippen LogP contribution in [0.3, 0.4) is 0 Å². The van der Waals surface area contributed by atoms with E-state index in [2.05, 4.69) is 32.3 Å². The Morgan fingerprint density at radius 3 is 2.67 bits per heavy atom. The molecular weight excluding hydrogens is 150 g/mol. The van der Waals surface area contributed by atoms with E-state index in [0.717, 1.165) is 19.7 Å². The maximum atomic E-state index is 5.68. The highest BCUT2D eigenvalue weighted by atomic mass is 16.5. The molecule has 0 bridgehead atoms. The van der Waals surface area contributed by atoms with Crippen molar-refractivity contribution in [1.29, 1.82) is 0 Å². The van der Waals surface area contributed by atoms with Crippen LogP contribution in [0, 0.1) is 5.41 Å². The van der Waals surface area contributed by atoms with E-state index < -0.39 is 0 Å². The van der Waals surface area contributed by atoms with E-state index in [0.29, 0.717) is 6.10 Å². The van der Waals surface area contributed by atoms with Crippen LogP contribution in [0.4, 0.5) is 0 Å². The van der Waals surface area contributed by atoms with E-state index in [1.165, 1.54) is 0 Å². The maximum Gasteiger partial charge on any atom is 0.0798 e. The molecule has 1 aliphatic rings. The van der Waals surface area contributed by atoms with E-state index in [1.807, 2.05) is 6.20 Å². The lowest BCUT2D eigenvalue weighted by Crippen LogP contribution is -2.45. The lowest BCUT2D eigenvalue weighted by atomic mass is 9.88. The van der Waals surface area contributed by atoms with Crippen LogP contribution in [-0.4, -0.2) is 30.7 Å². The first-order valence-corrected chi connectivity index (χ1v) is 4.52. The maximum absolute atomic E-state index is 5.68. The Labute approximate surface area is 75.2 Å². The monoisotopic (exact) mass is 169 g/mol. The number of rotatable bonds is 1. The molecule has 1 unspecified atom stereocenters. The number of hydrogen-bond acceptors (Lipinski definition) is 2. The molecule has 1 aliphatic heterocycles. The predicted octanol–water partition coefficient (Wildman–Crippen LogP) is 1.88. The lowest BCUT2D eigenvalue weighted by molar-refractivity contribution is -0.0675. The number of morpholine rings is 1. The third kappa shape index (κ3) is 2.24. The molecule has 0 N–H and O–H groups in total. The minimum atomic E-state index is 0.238. The fraction of sp³-hybridized carbons (Fsp3) is 0.800. The molecule has 1 fully saturated rings. The van der Waals surface area contributed by atoms with Gasteiger partial charge in [-0.3, -0.25) is 0 Å². The van der Waals surface area contributed by atoms with Crippen LogP contribution < -0.4 is 0 Å². The molecule has 0 aromatic heterocycles. The van der Waals surface area contributed by atoms with Gasteiger partial charge in [0.25, 0.3) is 0 Å². The van der Waals surface area contributed by atoms with Gasteiger partial charge >= 0.3 is 0 Å². The molecule has 0 saturated carbocycles. The molecular formula is C10H19NO. The molecule has 0 radical (unpaired) electrons. The normalized spacial score (nSPS) is 25.6. The molecule has 0 aliphatic carbocycles. The summed E-state index contributed by atoms with van der Waals surface area (Å²) in [6, 6.07) is 0. The summed E-state index contributed by atoms with van der Waals surface area (Å²) in [6.45, 7) is 13.2. The van der Waals surface area contributed by atoms with E-state index >= 15 is 0 Å². The van der Waals surface area contributed by atoms with Gasteiger partial charge in [-0.05, 0) is 11.6 Å². The highest BCUT2D eigenvalue weighted by molar-refractivity contribution is 4.84. The van der Waals surface area contributed by atoms with Crippen molar-refractivity contribution >= 4 is 0 Å². The fourth-order valence-corrected chi connectivity index (χ4v) is 1.36. The van der Waals surface area contributed by atoms with Gasteiger partial charge in [-0.25, -0.2) is 0 Å². The smallest absolute Gasteiger partial charge is 0.0798 e. The van der Waals surface area contributed by atoms with Crippen LogP contribution in [0.5, 0.6) is 0 Å². The summed E-state index contributed by atoms with van der Waals surface area (Å²) >= 11 is 0. The molecule has 0 spiro atoms. The quantitative estimate of drug-likeness (QED) is 0.594. The van der Waals surface area contributed by atoms with Gasteiger partial charge in [0.15, 0.2) is 0 Å². The zero-order valence-corrected chi connectivity index (χ0v) is 8.34. The van der Waals surface area contributed by atoms with Crippen LogP contribution in [-0.2, 0) is 4.74 Å². The predicted molar refractivity (Wildman–Crippen MR) is 51.0 cm³/mol. The zero-order valence-electron chi connectivity index (χ0n) is 8.34. The molecule has 1 heterocycles. The second kappa shape index (κ2) is 3.48. The van der Waals surface area contributed by atoms with Crippen LogP contribution in [0.25, 0.3) is 0 Å². The van der Waals surface area contributed by atoms with Crippen LogP contribution in [0.2, 0.25) is 0 Å². The van der Waals surface area contributed by atoms with Crippen molar-refractivity contribution in [2.75, 3.05) is 19.7 Å². The first kappa shape index (κ1) is 9.59. The Morgan fingerprint density at radius 1 is 1.50 bits per heavy atom. The average Bonchev–Trinajstić information content (AvgIpc) is 2.03. The van der Waals surface area contributed by atoms with Gasteiger partial charge in [-0.2, -0.15) is 0 Å². The van der Waals surface area contributed by atoms with Gasteiger partial charge in [0.2, 0.25) is 0 Å². The summed E-state index contributed by atoms with van der Waals surface area (Å²) in [5, 5.41) is 0. The van der Waals surface area contributed by atoms with Crippen LogP contribution >= 0.6 is 0 Å². The standard InChI is InChI=1S/C10H19NO/c1-5-11-6-7-12-9(8-11)10(2,3)4/h5,9H,1,6-8H2,2-4H3. The number of hydrogen-bond donors (Lipinski definition) is 0. The average molecular weight is 169 g/mol. The third-order valence-corrected chi connectivity index (χ3v) is 2.32. The lowest BCUT2D eigenvalue weighted by Gasteiger charge is -2.39. The Morgan fingerprint density at radius 2 is 2.17 bits per heavy atom. The van der Waals surface area contributed by atoms with Crippen molar-refractivity contribution in [3.63, 3.8) is 0 Å². The fourth-order valence-electron chi connectivity index (χ4n) is 1.36. The third-order valence-electron chi connectivity index (χ3n) is 2.32.